The molecule has 1 aliphatic carbocycles. The molecule has 3 aromatic rings. The lowest BCUT2D eigenvalue weighted by Crippen LogP contribution is -2.52. The summed E-state index contributed by atoms with van der Waals surface area (Å²) in [7, 11) is -3.65. The van der Waals surface area contributed by atoms with Gasteiger partial charge < -0.3 is 19.7 Å². The molecule has 3 aromatic carbocycles. The van der Waals surface area contributed by atoms with Gasteiger partial charge >= 0.3 is 0 Å². The Kier molecular flexibility index (Phi) is 10.3. The van der Waals surface area contributed by atoms with E-state index in [1.54, 1.807) is 35.2 Å². The second kappa shape index (κ2) is 14.3. The molecule has 1 unspecified atom stereocenters. The molecule has 11 heteroatoms. The lowest BCUT2D eigenvalue weighted by molar-refractivity contribution is -0.141. The fraction of sp³-hybridized carbons (Fsp3) is 0.394. The van der Waals surface area contributed by atoms with Crippen LogP contribution in [0.15, 0.2) is 72.8 Å². The van der Waals surface area contributed by atoms with Crippen molar-refractivity contribution in [2.24, 2.45) is 0 Å². The Hall–Kier alpha value is -3.76. The fourth-order valence-corrected chi connectivity index (χ4v) is 6.84. The van der Waals surface area contributed by atoms with Crippen LogP contribution in [0.4, 0.5) is 5.69 Å². The summed E-state index contributed by atoms with van der Waals surface area (Å²) in [5.74, 6) is 0.608. The predicted molar refractivity (Wildman–Crippen MR) is 170 cm³/mol. The van der Waals surface area contributed by atoms with Crippen LogP contribution >= 0.6 is 11.6 Å². The SMILES string of the molecule is CS(=O)(=O)N(CCCC(=O)N(Cc1ccc(Cl)cc1)C(Cc1ccccc1)C(=O)NC1CCCC1)c1ccc2c(c1)OCO2. The number of benzene rings is 3. The molecular weight excluding hydrogens is 602 g/mol. The van der Waals surface area contributed by atoms with Crippen LogP contribution in [0.25, 0.3) is 0 Å². The number of ether oxygens (including phenoxy) is 2. The number of hydrogen-bond acceptors (Lipinski definition) is 6. The first kappa shape index (κ1) is 31.7. The Morgan fingerprint density at radius 1 is 0.955 bits per heavy atom. The number of carbonyl (C=O) groups is 2. The minimum Gasteiger partial charge on any atom is -0.454 e. The van der Waals surface area contributed by atoms with Gasteiger partial charge in [-0.15, -0.1) is 0 Å². The second-order valence-corrected chi connectivity index (χ2v) is 13.7. The maximum Gasteiger partial charge on any atom is 0.243 e. The Bertz CT molecular complexity index is 1550. The van der Waals surface area contributed by atoms with Crippen LogP contribution in [-0.4, -0.2) is 56.8 Å². The highest BCUT2D eigenvalue weighted by molar-refractivity contribution is 7.92. The van der Waals surface area contributed by atoms with E-state index < -0.39 is 16.1 Å². The van der Waals surface area contributed by atoms with E-state index >= 15 is 0 Å². The van der Waals surface area contributed by atoms with Gasteiger partial charge in [-0.1, -0.05) is 66.9 Å². The van der Waals surface area contributed by atoms with Gasteiger partial charge in [0, 0.05) is 43.1 Å². The third-order valence-electron chi connectivity index (χ3n) is 8.04. The Morgan fingerprint density at radius 3 is 2.36 bits per heavy atom. The predicted octanol–water partition coefficient (Wildman–Crippen LogP) is 5.31. The standard InChI is InChI=1S/C33H38ClN3O6S/c1-44(40,41)37(28-17-18-30-31(21-28)43-23-42-30)19-7-12-32(38)36(22-25-13-15-26(34)16-14-25)29(20-24-8-3-2-4-9-24)33(39)35-27-10-5-6-11-27/h2-4,8-9,13-18,21,27,29H,5-7,10-12,19-20,22-23H2,1H3,(H,35,39). The Labute approximate surface area is 264 Å². The summed E-state index contributed by atoms with van der Waals surface area (Å²) in [6, 6.07) is 21.2. The molecule has 0 aromatic heterocycles. The Balaban J connectivity index is 1.37. The van der Waals surface area contributed by atoms with Crippen molar-refractivity contribution in [2.75, 3.05) is 23.9 Å². The number of nitrogens with one attached hydrogen (secondary N) is 1. The van der Waals surface area contributed by atoms with Crippen molar-refractivity contribution in [3.05, 3.63) is 88.9 Å². The molecule has 1 N–H and O–H groups in total. The molecule has 0 bridgehead atoms. The van der Waals surface area contributed by atoms with Gasteiger partial charge in [-0.25, -0.2) is 8.42 Å². The third kappa shape index (κ3) is 8.24. The summed E-state index contributed by atoms with van der Waals surface area (Å²) in [6.07, 6.45) is 5.78. The molecule has 0 saturated heterocycles. The quantitative estimate of drug-likeness (QED) is 0.272. The van der Waals surface area contributed by atoms with Gasteiger partial charge in [0.05, 0.1) is 11.9 Å². The summed E-state index contributed by atoms with van der Waals surface area (Å²) in [6.45, 7) is 0.369. The highest BCUT2D eigenvalue weighted by Crippen LogP contribution is 2.36. The normalized spacial score (nSPS) is 15.1. The maximum absolute atomic E-state index is 14.0. The molecule has 1 atom stereocenters. The Morgan fingerprint density at radius 2 is 1.66 bits per heavy atom. The number of hydrogen-bond donors (Lipinski definition) is 1. The second-order valence-electron chi connectivity index (χ2n) is 11.3. The minimum atomic E-state index is -3.65. The van der Waals surface area contributed by atoms with E-state index in [2.05, 4.69) is 5.32 Å². The number of halogens is 1. The molecular formula is C33H38ClN3O6S. The van der Waals surface area contributed by atoms with Crippen LogP contribution in [0.2, 0.25) is 5.02 Å². The van der Waals surface area contributed by atoms with Crippen molar-refractivity contribution in [1.82, 2.24) is 10.2 Å². The minimum absolute atomic E-state index is 0.0478. The monoisotopic (exact) mass is 639 g/mol. The lowest BCUT2D eigenvalue weighted by atomic mass is 10.0. The van der Waals surface area contributed by atoms with Gasteiger partial charge in [-0.3, -0.25) is 13.9 Å². The molecule has 2 amide bonds. The summed E-state index contributed by atoms with van der Waals surface area (Å²) in [5.41, 5.74) is 2.21. The molecule has 1 heterocycles. The van der Waals surface area contributed by atoms with E-state index in [0.717, 1.165) is 43.1 Å². The molecule has 44 heavy (non-hydrogen) atoms. The topological polar surface area (TPSA) is 105 Å². The lowest BCUT2D eigenvalue weighted by Gasteiger charge is -2.33. The zero-order valence-electron chi connectivity index (χ0n) is 24.8. The number of anilines is 1. The van der Waals surface area contributed by atoms with E-state index in [0.29, 0.717) is 28.6 Å². The number of amides is 2. The molecule has 234 valence electrons. The summed E-state index contributed by atoms with van der Waals surface area (Å²) in [4.78, 5) is 29.5. The van der Waals surface area contributed by atoms with Gasteiger partial charge in [0.1, 0.15) is 6.04 Å². The first-order valence-corrected chi connectivity index (χ1v) is 17.2. The maximum atomic E-state index is 14.0. The molecule has 1 aliphatic heterocycles. The van der Waals surface area contributed by atoms with Gasteiger partial charge in [0.15, 0.2) is 11.5 Å². The smallest absolute Gasteiger partial charge is 0.243 e. The van der Waals surface area contributed by atoms with E-state index in [9.17, 15) is 18.0 Å². The van der Waals surface area contributed by atoms with E-state index in [4.69, 9.17) is 21.1 Å². The van der Waals surface area contributed by atoms with E-state index in [-0.39, 0.29) is 50.6 Å². The number of fused-ring (bicyclic) bond motifs is 1. The number of carbonyl (C=O) groups excluding carboxylic acids is 2. The molecule has 9 nitrogen and oxygen atoms in total. The van der Waals surface area contributed by atoms with Gasteiger partial charge in [0.2, 0.25) is 28.6 Å². The third-order valence-corrected chi connectivity index (χ3v) is 9.48. The molecule has 0 spiro atoms. The zero-order valence-corrected chi connectivity index (χ0v) is 26.4. The van der Waals surface area contributed by atoms with Gasteiger partial charge in [-0.2, -0.15) is 0 Å². The van der Waals surface area contributed by atoms with Gasteiger partial charge in [0.25, 0.3) is 0 Å². The van der Waals surface area contributed by atoms with E-state index in [1.807, 2.05) is 42.5 Å². The summed E-state index contributed by atoms with van der Waals surface area (Å²) < 4.78 is 37.6. The van der Waals surface area contributed by atoms with Crippen molar-refractivity contribution < 1.29 is 27.5 Å². The summed E-state index contributed by atoms with van der Waals surface area (Å²) in [5, 5.41) is 3.78. The van der Waals surface area contributed by atoms with Crippen molar-refractivity contribution in [2.45, 2.75) is 63.6 Å². The number of sulfonamides is 1. The largest absolute Gasteiger partial charge is 0.454 e. The average molecular weight is 640 g/mol. The number of rotatable bonds is 13. The molecule has 0 radical (unpaired) electrons. The van der Waals surface area contributed by atoms with Crippen LogP contribution in [-0.2, 0) is 32.6 Å². The van der Waals surface area contributed by atoms with Crippen LogP contribution in [0, 0.1) is 0 Å². The van der Waals surface area contributed by atoms with Crippen LogP contribution in [0.1, 0.15) is 49.7 Å². The average Bonchev–Trinajstić information content (AvgIpc) is 3.69. The highest BCUT2D eigenvalue weighted by Gasteiger charge is 2.32. The fourth-order valence-electron chi connectivity index (χ4n) is 5.75. The molecule has 2 aliphatic rings. The van der Waals surface area contributed by atoms with Crippen molar-refractivity contribution in [1.29, 1.82) is 0 Å². The first-order chi connectivity index (χ1) is 21.2. The van der Waals surface area contributed by atoms with Gasteiger partial charge in [-0.05, 0) is 54.7 Å². The van der Waals surface area contributed by atoms with Crippen LogP contribution in [0.3, 0.4) is 0 Å². The number of nitrogens with zero attached hydrogens (tertiary/aromatic N) is 2. The van der Waals surface area contributed by atoms with Crippen molar-refractivity contribution in [3.63, 3.8) is 0 Å². The van der Waals surface area contributed by atoms with Crippen molar-refractivity contribution >= 4 is 39.1 Å². The molecule has 5 rings (SSSR count). The molecule has 1 saturated carbocycles. The summed E-state index contributed by atoms with van der Waals surface area (Å²) >= 11 is 6.13. The zero-order chi connectivity index (χ0) is 31.1. The molecule has 1 fully saturated rings. The van der Waals surface area contributed by atoms with Crippen LogP contribution in [0.5, 0.6) is 11.5 Å². The van der Waals surface area contributed by atoms with E-state index in [1.165, 1.54) is 4.31 Å². The van der Waals surface area contributed by atoms with Crippen LogP contribution < -0.4 is 19.1 Å². The van der Waals surface area contributed by atoms with Crippen molar-refractivity contribution in [3.8, 4) is 11.5 Å². The highest BCUT2D eigenvalue weighted by atomic mass is 35.5. The first-order valence-electron chi connectivity index (χ1n) is 14.9.